The number of aldehydes is 1. The van der Waals surface area contributed by atoms with E-state index in [-0.39, 0.29) is 0 Å². The summed E-state index contributed by atoms with van der Waals surface area (Å²) in [6, 6.07) is 8.38. The number of benzene rings is 1. The summed E-state index contributed by atoms with van der Waals surface area (Å²) in [7, 11) is 0. The van der Waals surface area contributed by atoms with Crippen molar-refractivity contribution in [2.75, 3.05) is 0 Å². The van der Waals surface area contributed by atoms with E-state index >= 15 is 0 Å². The predicted molar refractivity (Wildman–Crippen MR) is 63.9 cm³/mol. The van der Waals surface area contributed by atoms with Gasteiger partial charge in [0, 0.05) is 11.5 Å². The molecule has 0 radical (unpaired) electrons. The summed E-state index contributed by atoms with van der Waals surface area (Å²) in [5, 5.41) is 0. The van der Waals surface area contributed by atoms with Gasteiger partial charge < -0.3 is 4.98 Å². The number of hydrogen-bond acceptors (Lipinski definition) is 1. The van der Waals surface area contributed by atoms with Gasteiger partial charge in [-0.05, 0) is 23.6 Å². The molecule has 0 aliphatic heterocycles. The molecule has 1 aliphatic rings. The molecular formula is C14H13NO. The van der Waals surface area contributed by atoms with Crippen molar-refractivity contribution in [3.8, 4) is 11.3 Å². The van der Waals surface area contributed by atoms with Crippen LogP contribution in [0.4, 0.5) is 0 Å². The summed E-state index contributed by atoms with van der Waals surface area (Å²) in [5.41, 5.74) is 6.80. The Hall–Kier alpha value is -1.83. The summed E-state index contributed by atoms with van der Waals surface area (Å²) in [6.07, 6.45) is 0.906. The van der Waals surface area contributed by atoms with Gasteiger partial charge in [0.1, 0.15) is 0 Å². The first-order valence-electron chi connectivity index (χ1n) is 5.51. The van der Waals surface area contributed by atoms with Crippen LogP contribution in [0.25, 0.3) is 11.3 Å². The number of rotatable bonds is 1. The molecule has 1 aliphatic carbocycles. The highest BCUT2D eigenvalue weighted by Gasteiger charge is 2.29. The first-order chi connectivity index (χ1) is 7.74. The lowest BCUT2D eigenvalue weighted by Crippen LogP contribution is -1.93. The molecule has 16 heavy (non-hydrogen) atoms. The Labute approximate surface area is 94.3 Å². The summed E-state index contributed by atoms with van der Waals surface area (Å²) < 4.78 is 0. The summed E-state index contributed by atoms with van der Waals surface area (Å²) in [5.74, 6) is 0.385. The number of fused-ring (bicyclic) bond motifs is 3. The van der Waals surface area contributed by atoms with Gasteiger partial charge in [0.05, 0.1) is 11.4 Å². The summed E-state index contributed by atoms with van der Waals surface area (Å²) in [6.45, 7) is 4.21. The second-order valence-corrected chi connectivity index (χ2v) is 4.38. The van der Waals surface area contributed by atoms with Gasteiger partial charge in [-0.15, -0.1) is 0 Å². The number of carbonyl (C=O) groups excluding carboxylic acids is 1. The smallest absolute Gasteiger partial charge is 0.166 e. The third-order valence-corrected chi connectivity index (χ3v) is 3.58. The van der Waals surface area contributed by atoms with Crippen LogP contribution in [0.3, 0.4) is 0 Å². The first-order valence-corrected chi connectivity index (χ1v) is 5.51. The van der Waals surface area contributed by atoms with Crippen molar-refractivity contribution in [2.45, 2.75) is 19.8 Å². The molecule has 1 atom stereocenters. The maximum absolute atomic E-state index is 10.9. The van der Waals surface area contributed by atoms with Crippen LogP contribution in [0, 0.1) is 6.92 Å². The Morgan fingerprint density at radius 2 is 2.06 bits per heavy atom. The topological polar surface area (TPSA) is 32.9 Å². The molecule has 0 amide bonds. The molecule has 3 rings (SSSR count). The molecule has 0 fully saturated rings. The molecule has 1 aromatic carbocycles. The third-order valence-electron chi connectivity index (χ3n) is 3.58. The highest BCUT2D eigenvalue weighted by molar-refractivity contribution is 5.85. The molecule has 2 nitrogen and oxygen atoms in total. The zero-order valence-corrected chi connectivity index (χ0v) is 9.37. The van der Waals surface area contributed by atoms with Gasteiger partial charge in [0.15, 0.2) is 6.29 Å². The Morgan fingerprint density at radius 1 is 1.31 bits per heavy atom. The van der Waals surface area contributed by atoms with E-state index in [0.29, 0.717) is 11.6 Å². The lowest BCUT2D eigenvalue weighted by atomic mass is 9.97. The molecule has 0 saturated carbocycles. The van der Waals surface area contributed by atoms with Crippen molar-refractivity contribution in [1.82, 2.24) is 4.98 Å². The van der Waals surface area contributed by atoms with Gasteiger partial charge in [-0.2, -0.15) is 0 Å². The van der Waals surface area contributed by atoms with Gasteiger partial charge in [-0.3, -0.25) is 4.79 Å². The average molecular weight is 211 g/mol. The van der Waals surface area contributed by atoms with E-state index in [1.807, 2.05) is 13.0 Å². The molecule has 2 aromatic rings. The molecule has 1 unspecified atom stereocenters. The van der Waals surface area contributed by atoms with Crippen LogP contribution < -0.4 is 0 Å². The van der Waals surface area contributed by atoms with Gasteiger partial charge in [-0.25, -0.2) is 0 Å². The Balaban J connectivity index is 2.34. The largest absolute Gasteiger partial charge is 0.352 e. The van der Waals surface area contributed by atoms with Crippen molar-refractivity contribution >= 4 is 6.29 Å². The number of H-pyrrole nitrogens is 1. The summed E-state index contributed by atoms with van der Waals surface area (Å²) in [4.78, 5) is 14.2. The van der Waals surface area contributed by atoms with E-state index < -0.39 is 0 Å². The SMILES string of the molecule is Cc1c(C=O)[nH]c2c1C(C)c1ccccc1-2. The zero-order chi connectivity index (χ0) is 11.3. The third kappa shape index (κ3) is 0.990. The maximum Gasteiger partial charge on any atom is 0.166 e. The number of aromatic nitrogens is 1. The van der Waals surface area contributed by atoms with Crippen LogP contribution >= 0.6 is 0 Å². The maximum atomic E-state index is 10.9. The minimum atomic E-state index is 0.385. The van der Waals surface area contributed by atoms with Gasteiger partial charge >= 0.3 is 0 Å². The first kappa shape index (κ1) is 9.40. The van der Waals surface area contributed by atoms with Gasteiger partial charge in [-0.1, -0.05) is 31.2 Å². The molecule has 1 aromatic heterocycles. The lowest BCUT2D eigenvalue weighted by Gasteiger charge is -2.06. The molecule has 1 heterocycles. The quantitative estimate of drug-likeness (QED) is 0.721. The minimum Gasteiger partial charge on any atom is -0.352 e. The van der Waals surface area contributed by atoms with E-state index in [4.69, 9.17) is 0 Å². The number of hydrogen-bond donors (Lipinski definition) is 1. The van der Waals surface area contributed by atoms with E-state index in [9.17, 15) is 4.79 Å². The van der Waals surface area contributed by atoms with E-state index in [1.54, 1.807) is 0 Å². The van der Waals surface area contributed by atoms with Gasteiger partial charge in [0.25, 0.3) is 0 Å². The van der Waals surface area contributed by atoms with E-state index in [0.717, 1.165) is 17.5 Å². The second kappa shape index (κ2) is 3.08. The predicted octanol–water partition coefficient (Wildman–Crippen LogP) is 3.27. The van der Waals surface area contributed by atoms with Crippen LogP contribution in [0.5, 0.6) is 0 Å². The van der Waals surface area contributed by atoms with Crippen LogP contribution in [0.1, 0.15) is 40.0 Å². The Bertz CT molecular complexity index is 580. The van der Waals surface area contributed by atoms with Crippen molar-refractivity contribution in [3.63, 3.8) is 0 Å². The standard InChI is InChI=1S/C14H13NO/c1-8-10-5-3-4-6-11(10)14-13(8)9(2)12(7-16)15-14/h3-8,15H,1-2H3. The highest BCUT2D eigenvalue weighted by Crippen LogP contribution is 2.46. The molecule has 0 bridgehead atoms. The normalized spacial score (nSPS) is 17.0. The molecule has 0 saturated heterocycles. The van der Waals surface area contributed by atoms with Crippen LogP contribution in [0.2, 0.25) is 0 Å². The lowest BCUT2D eigenvalue weighted by molar-refractivity contribution is 0.111. The Morgan fingerprint density at radius 3 is 2.81 bits per heavy atom. The average Bonchev–Trinajstić information content (AvgIpc) is 2.78. The zero-order valence-electron chi connectivity index (χ0n) is 9.37. The monoisotopic (exact) mass is 211 g/mol. The molecule has 1 N–H and O–H groups in total. The Kier molecular flexibility index (Phi) is 1.81. The van der Waals surface area contributed by atoms with E-state index in [1.165, 1.54) is 16.7 Å². The molecule has 80 valence electrons. The second-order valence-electron chi connectivity index (χ2n) is 4.38. The number of carbonyl (C=O) groups is 1. The molecule has 2 heteroatoms. The highest BCUT2D eigenvalue weighted by atomic mass is 16.1. The fourth-order valence-electron chi connectivity index (χ4n) is 2.76. The fraction of sp³-hybridized carbons (Fsp3) is 0.214. The number of aromatic amines is 1. The van der Waals surface area contributed by atoms with Gasteiger partial charge in [0.2, 0.25) is 0 Å². The molecular weight excluding hydrogens is 198 g/mol. The van der Waals surface area contributed by atoms with Crippen molar-refractivity contribution < 1.29 is 4.79 Å². The van der Waals surface area contributed by atoms with Crippen LogP contribution in [0.15, 0.2) is 24.3 Å². The number of nitrogens with one attached hydrogen (secondary N) is 1. The fourth-order valence-corrected chi connectivity index (χ4v) is 2.76. The summed E-state index contributed by atoms with van der Waals surface area (Å²) >= 11 is 0. The van der Waals surface area contributed by atoms with Crippen LogP contribution in [-0.2, 0) is 0 Å². The minimum absolute atomic E-state index is 0.385. The van der Waals surface area contributed by atoms with Crippen molar-refractivity contribution in [1.29, 1.82) is 0 Å². The van der Waals surface area contributed by atoms with E-state index in [2.05, 4.69) is 30.1 Å². The molecule has 0 spiro atoms. The van der Waals surface area contributed by atoms with Crippen LogP contribution in [-0.4, -0.2) is 11.3 Å². The van der Waals surface area contributed by atoms with Crippen molar-refractivity contribution in [2.24, 2.45) is 0 Å². The van der Waals surface area contributed by atoms with Crippen molar-refractivity contribution in [3.05, 3.63) is 46.6 Å².